The molecule has 6 rings (SSSR count). The first-order valence-electron chi connectivity index (χ1n) is 12.7. The van der Waals surface area contributed by atoms with Gasteiger partial charge in [-0.25, -0.2) is 4.98 Å². The molecule has 3 heterocycles. The summed E-state index contributed by atoms with van der Waals surface area (Å²) in [5.74, 6) is 2.83. The van der Waals surface area contributed by atoms with E-state index in [2.05, 4.69) is 33.4 Å². The van der Waals surface area contributed by atoms with E-state index in [1.54, 1.807) is 7.11 Å². The van der Waals surface area contributed by atoms with Crippen molar-refractivity contribution >= 4 is 11.7 Å². The van der Waals surface area contributed by atoms with E-state index in [0.717, 1.165) is 48.6 Å². The normalized spacial score (nSPS) is 18.9. The highest BCUT2D eigenvalue weighted by Crippen LogP contribution is 2.51. The van der Waals surface area contributed by atoms with E-state index in [4.69, 9.17) is 14.2 Å². The molecule has 1 aromatic heterocycles. The molecule has 36 heavy (non-hydrogen) atoms. The van der Waals surface area contributed by atoms with Crippen molar-refractivity contribution in [2.75, 3.05) is 32.3 Å². The van der Waals surface area contributed by atoms with Gasteiger partial charge in [0.05, 0.1) is 18.6 Å². The molecule has 0 spiro atoms. The Balaban J connectivity index is 1.22. The SMILES string of the molecule is COc1cccc(C(c2ccc(NC(=O)C3(c4ccc5c(c4)OCO5)CC3)nc2)N2CCCCC2)c1. The molecular formula is C29H31N3O4. The molecule has 7 nitrogen and oxygen atoms in total. The van der Waals surface area contributed by atoms with Gasteiger partial charge in [0.25, 0.3) is 0 Å². The summed E-state index contributed by atoms with van der Waals surface area (Å²) in [6.07, 6.45) is 7.19. The highest BCUT2D eigenvalue weighted by atomic mass is 16.7. The minimum absolute atomic E-state index is 0.0259. The lowest BCUT2D eigenvalue weighted by Gasteiger charge is -2.35. The highest BCUT2D eigenvalue weighted by molar-refractivity contribution is 6.01. The molecule has 0 radical (unpaired) electrons. The van der Waals surface area contributed by atoms with Crippen molar-refractivity contribution in [3.63, 3.8) is 0 Å². The number of fused-ring (bicyclic) bond motifs is 1. The molecular weight excluding hydrogens is 454 g/mol. The van der Waals surface area contributed by atoms with Gasteiger partial charge in [-0.1, -0.05) is 30.7 Å². The third-order valence-corrected chi connectivity index (χ3v) is 7.62. The summed E-state index contributed by atoms with van der Waals surface area (Å²) in [7, 11) is 1.70. The molecule has 2 aromatic carbocycles. The van der Waals surface area contributed by atoms with Gasteiger partial charge < -0.3 is 19.5 Å². The number of amides is 1. The van der Waals surface area contributed by atoms with Gasteiger partial charge >= 0.3 is 0 Å². The van der Waals surface area contributed by atoms with E-state index in [1.807, 2.05) is 42.6 Å². The fourth-order valence-electron chi connectivity index (χ4n) is 5.45. The Hall–Kier alpha value is -3.58. The van der Waals surface area contributed by atoms with Crippen LogP contribution in [-0.4, -0.2) is 42.8 Å². The number of carbonyl (C=O) groups excluding carboxylic acids is 1. The number of hydrogen-bond donors (Lipinski definition) is 1. The molecule has 1 unspecified atom stereocenters. The summed E-state index contributed by atoms with van der Waals surface area (Å²) in [5.41, 5.74) is 2.73. The van der Waals surface area contributed by atoms with Gasteiger partial charge in [0, 0.05) is 6.20 Å². The van der Waals surface area contributed by atoms with Gasteiger partial charge in [-0.3, -0.25) is 9.69 Å². The molecule has 186 valence electrons. The standard InChI is InChI=1S/C29H31N3O4/c1-34-23-7-5-6-20(16-23)27(32-14-3-2-4-15-32)21-8-11-26(30-18-21)31-28(33)29(12-13-29)22-9-10-24-25(17-22)36-19-35-24/h5-11,16-18,27H,2-4,12-15,19H2,1H3,(H,30,31,33). The maximum atomic E-state index is 13.3. The molecule has 1 N–H and O–H groups in total. The summed E-state index contributed by atoms with van der Waals surface area (Å²) >= 11 is 0. The topological polar surface area (TPSA) is 72.9 Å². The third kappa shape index (κ3) is 4.28. The predicted octanol–water partition coefficient (Wildman–Crippen LogP) is 5.06. The quantitative estimate of drug-likeness (QED) is 0.504. The molecule has 1 saturated heterocycles. The van der Waals surface area contributed by atoms with Gasteiger partial charge in [-0.2, -0.15) is 0 Å². The maximum Gasteiger partial charge on any atom is 0.236 e. The second-order valence-corrected chi connectivity index (χ2v) is 9.86. The molecule has 1 saturated carbocycles. The predicted molar refractivity (Wildman–Crippen MR) is 137 cm³/mol. The molecule has 2 aliphatic heterocycles. The molecule has 2 fully saturated rings. The number of benzene rings is 2. The van der Waals surface area contributed by atoms with Gasteiger partial charge in [-0.05, 0) is 85.8 Å². The summed E-state index contributed by atoms with van der Waals surface area (Å²) < 4.78 is 16.4. The Bertz CT molecular complexity index is 1250. The molecule has 7 heteroatoms. The summed E-state index contributed by atoms with van der Waals surface area (Å²) in [4.78, 5) is 20.5. The van der Waals surface area contributed by atoms with Gasteiger partial charge in [-0.15, -0.1) is 0 Å². The van der Waals surface area contributed by atoms with Gasteiger partial charge in [0.2, 0.25) is 12.7 Å². The van der Waals surface area contributed by atoms with Crippen molar-refractivity contribution in [1.82, 2.24) is 9.88 Å². The number of nitrogens with zero attached hydrogens (tertiary/aromatic N) is 2. The number of ether oxygens (including phenoxy) is 3. The van der Waals surface area contributed by atoms with Crippen LogP contribution in [0, 0.1) is 0 Å². The van der Waals surface area contributed by atoms with E-state index in [0.29, 0.717) is 11.6 Å². The van der Waals surface area contributed by atoms with E-state index in [1.165, 1.54) is 24.8 Å². The largest absolute Gasteiger partial charge is 0.497 e. The Morgan fingerprint density at radius 2 is 1.83 bits per heavy atom. The van der Waals surface area contributed by atoms with Gasteiger partial charge in [0.15, 0.2) is 11.5 Å². The molecule has 0 bridgehead atoms. The Labute approximate surface area is 211 Å². The van der Waals surface area contributed by atoms with Crippen LogP contribution in [0.1, 0.15) is 54.8 Å². The van der Waals surface area contributed by atoms with Crippen molar-refractivity contribution in [3.8, 4) is 17.2 Å². The number of methoxy groups -OCH3 is 1. The average molecular weight is 486 g/mol. The average Bonchev–Trinajstić information content (AvgIpc) is 3.61. The first kappa shape index (κ1) is 22.9. The van der Waals surface area contributed by atoms with Crippen LogP contribution in [0.3, 0.4) is 0 Å². The number of anilines is 1. The monoisotopic (exact) mass is 485 g/mol. The van der Waals surface area contributed by atoms with Crippen molar-refractivity contribution < 1.29 is 19.0 Å². The number of aromatic nitrogens is 1. The lowest BCUT2D eigenvalue weighted by atomic mass is 9.94. The number of pyridine rings is 1. The van der Waals surface area contributed by atoms with Crippen molar-refractivity contribution in [2.24, 2.45) is 0 Å². The van der Waals surface area contributed by atoms with Crippen LogP contribution >= 0.6 is 0 Å². The van der Waals surface area contributed by atoms with Crippen LogP contribution in [0.2, 0.25) is 0 Å². The second-order valence-electron chi connectivity index (χ2n) is 9.86. The lowest BCUT2D eigenvalue weighted by Crippen LogP contribution is -2.34. The lowest BCUT2D eigenvalue weighted by molar-refractivity contribution is -0.118. The molecule has 1 aliphatic carbocycles. The fourth-order valence-corrected chi connectivity index (χ4v) is 5.45. The maximum absolute atomic E-state index is 13.3. The van der Waals surface area contributed by atoms with E-state index >= 15 is 0 Å². The Kier molecular flexibility index (Phi) is 6.01. The van der Waals surface area contributed by atoms with E-state index < -0.39 is 5.41 Å². The zero-order valence-electron chi connectivity index (χ0n) is 20.5. The summed E-state index contributed by atoms with van der Waals surface area (Å²) in [6.45, 7) is 2.33. The van der Waals surface area contributed by atoms with Crippen LogP contribution in [-0.2, 0) is 10.2 Å². The second kappa shape index (κ2) is 9.47. The minimum atomic E-state index is -0.530. The highest BCUT2D eigenvalue weighted by Gasteiger charge is 2.51. The zero-order valence-corrected chi connectivity index (χ0v) is 20.5. The van der Waals surface area contributed by atoms with Crippen molar-refractivity contribution in [1.29, 1.82) is 0 Å². The Morgan fingerprint density at radius 1 is 1.00 bits per heavy atom. The summed E-state index contributed by atoms with van der Waals surface area (Å²) in [5, 5.41) is 3.06. The number of hydrogen-bond acceptors (Lipinski definition) is 6. The van der Waals surface area contributed by atoms with Crippen LogP contribution in [0.25, 0.3) is 0 Å². The molecule has 3 aliphatic rings. The summed E-state index contributed by atoms with van der Waals surface area (Å²) in [6, 6.07) is 18.2. The fraction of sp³-hybridized carbons (Fsp3) is 0.379. The number of rotatable bonds is 7. The van der Waals surface area contributed by atoms with Crippen LogP contribution in [0.5, 0.6) is 17.2 Å². The number of likely N-dealkylation sites (tertiary alicyclic amines) is 1. The molecule has 1 amide bonds. The zero-order chi connectivity index (χ0) is 24.5. The first-order chi connectivity index (χ1) is 17.7. The molecule has 1 atom stereocenters. The van der Waals surface area contributed by atoms with Crippen molar-refractivity contribution in [3.05, 3.63) is 77.5 Å². The van der Waals surface area contributed by atoms with E-state index in [-0.39, 0.29) is 18.7 Å². The Morgan fingerprint density at radius 3 is 2.58 bits per heavy atom. The van der Waals surface area contributed by atoms with Crippen LogP contribution in [0.15, 0.2) is 60.8 Å². The smallest absolute Gasteiger partial charge is 0.236 e. The number of piperidine rings is 1. The van der Waals surface area contributed by atoms with Crippen LogP contribution < -0.4 is 19.5 Å². The van der Waals surface area contributed by atoms with Gasteiger partial charge in [0.1, 0.15) is 11.6 Å². The first-order valence-corrected chi connectivity index (χ1v) is 12.7. The third-order valence-electron chi connectivity index (χ3n) is 7.62. The van der Waals surface area contributed by atoms with E-state index in [9.17, 15) is 4.79 Å². The molecule has 3 aromatic rings. The van der Waals surface area contributed by atoms with Crippen LogP contribution in [0.4, 0.5) is 5.82 Å². The number of nitrogens with one attached hydrogen (secondary N) is 1. The number of carbonyl (C=O) groups is 1. The van der Waals surface area contributed by atoms with Crippen molar-refractivity contribution in [2.45, 2.75) is 43.6 Å². The minimum Gasteiger partial charge on any atom is -0.497 e.